The van der Waals surface area contributed by atoms with Crippen LogP contribution in [0.15, 0.2) is 11.0 Å². The highest BCUT2D eigenvalue weighted by molar-refractivity contribution is 8.03. The summed E-state index contributed by atoms with van der Waals surface area (Å²) in [4.78, 5) is -1.75. The Hall–Kier alpha value is -0.370. The zero-order chi connectivity index (χ0) is 11.4. The maximum atomic E-state index is 11.9. The molecule has 1 N–H and O–H groups in total. The van der Waals surface area contributed by atoms with Crippen molar-refractivity contribution in [3.8, 4) is 0 Å². The van der Waals surface area contributed by atoms with Crippen LogP contribution in [0.4, 0.5) is 26.3 Å². The summed E-state index contributed by atoms with van der Waals surface area (Å²) in [7, 11) is 0. The summed E-state index contributed by atoms with van der Waals surface area (Å²) >= 11 is -0.0785. The third-order valence-corrected chi connectivity index (χ3v) is 1.97. The van der Waals surface area contributed by atoms with E-state index in [1.165, 1.54) is 0 Å². The van der Waals surface area contributed by atoms with Gasteiger partial charge in [-0.3, -0.25) is 0 Å². The molecule has 14 heavy (non-hydrogen) atoms. The van der Waals surface area contributed by atoms with Crippen molar-refractivity contribution in [3.63, 3.8) is 0 Å². The predicted molar refractivity (Wildman–Crippen MR) is 39.7 cm³/mol. The minimum atomic E-state index is -5.03. The average Bonchev–Trinajstić information content (AvgIpc) is 1.93. The van der Waals surface area contributed by atoms with Gasteiger partial charge in [0.25, 0.3) is 0 Å². The van der Waals surface area contributed by atoms with Crippen molar-refractivity contribution in [2.45, 2.75) is 12.4 Å². The first-order valence-electron chi connectivity index (χ1n) is 3.27. The van der Waals surface area contributed by atoms with Crippen molar-refractivity contribution < 1.29 is 31.4 Å². The molecule has 0 saturated carbocycles. The highest BCUT2D eigenvalue weighted by Crippen LogP contribution is 2.37. The summed E-state index contributed by atoms with van der Waals surface area (Å²) in [5.74, 6) is -0.429. The lowest BCUT2D eigenvalue weighted by atomic mass is 10.5. The highest BCUT2D eigenvalue weighted by Gasteiger charge is 2.38. The van der Waals surface area contributed by atoms with Crippen LogP contribution in [-0.2, 0) is 0 Å². The monoisotopic (exact) mass is 240 g/mol. The first kappa shape index (κ1) is 13.6. The number of hydrogen-bond donors (Lipinski definition) is 1. The summed E-state index contributed by atoms with van der Waals surface area (Å²) in [5.41, 5.74) is 0. The third kappa shape index (κ3) is 6.14. The van der Waals surface area contributed by atoms with Gasteiger partial charge in [-0.15, -0.1) is 11.8 Å². The third-order valence-electron chi connectivity index (χ3n) is 0.923. The molecule has 0 rings (SSSR count). The van der Waals surface area contributed by atoms with Crippen molar-refractivity contribution in [1.29, 1.82) is 0 Å². The van der Waals surface area contributed by atoms with Crippen molar-refractivity contribution >= 4 is 11.8 Å². The van der Waals surface area contributed by atoms with E-state index in [2.05, 4.69) is 0 Å². The van der Waals surface area contributed by atoms with Gasteiger partial charge in [0.2, 0.25) is 0 Å². The van der Waals surface area contributed by atoms with Crippen LogP contribution in [0.25, 0.3) is 0 Å². The van der Waals surface area contributed by atoms with Crippen LogP contribution in [0.1, 0.15) is 0 Å². The Morgan fingerprint density at radius 2 is 1.64 bits per heavy atom. The molecule has 0 aromatic heterocycles. The van der Waals surface area contributed by atoms with Crippen LogP contribution in [0.3, 0.4) is 0 Å². The molecule has 0 aliphatic carbocycles. The second kappa shape index (κ2) is 4.92. The molecule has 0 saturated heterocycles. The van der Waals surface area contributed by atoms with Gasteiger partial charge in [0.15, 0.2) is 0 Å². The summed E-state index contributed by atoms with van der Waals surface area (Å²) in [6.45, 7) is -0.615. The number of allylic oxidation sites excluding steroid dienone is 2. The van der Waals surface area contributed by atoms with Gasteiger partial charge in [-0.2, -0.15) is 26.3 Å². The largest absolute Gasteiger partial charge is 0.422 e. The van der Waals surface area contributed by atoms with Crippen LogP contribution in [0, 0.1) is 0 Å². The highest BCUT2D eigenvalue weighted by atomic mass is 32.2. The van der Waals surface area contributed by atoms with Crippen molar-refractivity contribution in [2.75, 3.05) is 12.4 Å². The van der Waals surface area contributed by atoms with Gasteiger partial charge in [-0.25, -0.2) is 0 Å². The van der Waals surface area contributed by atoms with Crippen LogP contribution in [-0.4, -0.2) is 29.8 Å². The Bertz CT molecular complexity index is 205. The second-order valence-corrected chi connectivity index (χ2v) is 3.26. The van der Waals surface area contributed by atoms with E-state index in [1.807, 2.05) is 0 Å². The fourth-order valence-corrected chi connectivity index (χ4v) is 1.20. The molecule has 0 heterocycles. The fraction of sp³-hybridized carbons (Fsp3) is 0.667. The molecular formula is C6H6F6OS. The summed E-state index contributed by atoms with van der Waals surface area (Å²) < 4.78 is 70.5. The van der Waals surface area contributed by atoms with Crippen LogP contribution < -0.4 is 0 Å². The molecule has 0 radical (unpaired) electrons. The number of aliphatic hydroxyl groups is 1. The maximum absolute atomic E-state index is 11.9. The van der Waals surface area contributed by atoms with Gasteiger partial charge in [-0.1, -0.05) is 0 Å². The van der Waals surface area contributed by atoms with Gasteiger partial charge in [0.05, 0.1) is 11.5 Å². The molecule has 1 nitrogen and oxygen atoms in total. The fourth-order valence-electron chi connectivity index (χ4n) is 0.510. The topological polar surface area (TPSA) is 20.2 Å². The molecule has 0 aromatic carbocycles. The summed E-state index contributed by atoms with van der Waals surface area (Å²) in [6.07, 6.45) is -10.9. The number of alkyl halides is 6. The number of aliphatic hydroxyl groups excluding tert-OH is 1. The lowest BCUT2D eigenvalue weighted by Gasteiger charge is -2.11. The Morgan fingerprint density at radius 3 is 1.93 bits per heavy atom. The molecule has 0 bridgehead atoms. The van der Waals surface area contributed by atoms with Crippen molar-refractivity contribution in [3.05, 3.63) is 11.0 Å². The van der Waals surface area contributed by atoms with Gasteiger partial charge in [0, 0.05) is 11.8 Å². The molecule has 0 unspecified atom stereocenters. The zero-order valence-corrected chi connectivity index (χ0v) is 7.43. The van der Waals surface area contributed by atoms with Crippen LogP contribution in [0.2, 0.25) is 0 Å². The van der Waals surface area contributed by atoms with E-state index in [0.717, 1.165) is 0 Å². The van der Waals surface area contributed by atoms with Gasteiger partial charge in [-0.05, 0) is 0 Å². The summed E-state index contributed by atoms with van der Waals surface area (Å²) in [6, 6.07) is 0. The van der Waals surface area contributed by atoms with Gasteiger partial charge in [0.1, 0.15) is 0 Å². The molecule has 0 atom stereocenters. The minimum Gasteiger partial charge on any atom is -0.396 e. The molecule has 0 fully saturated rings. The van der Waals surface area contributed by atoms with E-state index < -0.39 is 35.7 Å². The van der Waals surface area contributed by atoms with Crippen molar-refractivity contribution in [2.24, 2.45) is 0 Å². The average molecular weight is 240 g/mol. The molecule has 0 amide bonds. The lowest BCUT2D eigenvalue weighted by Crippen LogP contribution is -2.14. The Labute approximate surface area is 79.8 Å². The van der Waals surface area contributed by atoms with Gasteiger partial charge >= 0.3 is 12.4 Å². The SMILES string of the molecule is OCCS/C(=C/C(F)(F)F)C(F)(F)F. The van der Waals surface area contributed by atoms with E-state index in [-0.39, 0.29) is 11.8 Å². The number of hydrogen-bond acceptors (Lipinski definition) is 2. The predicted octanol–water partition coefficient (Wildman–Crippen LogP) is 2.72. The quantitative estimate of drug-likeness (QED) is 0.765. The zero-order valence-electron chi connectivity index (χ0n) is 6.61. The molecule has 0 aliphatic rings. The van der Waals surface area contributed by atoms with E-state index in [4.69, 9.17) is 5.11 Å². The molecule has 0 spiro atoms. The first-order valence-corrected chi connectivity index (χ1v) is 4.26. The molecule has 0 aromatic rings. The van der Waals surface area contributed by atoms with Crippen LogP contribution >= 0.6 is 11.8 Å². The van der Waals surface area contributed by atoms with E-state index >= 15 is 0 Å². The smallest absolute Gasteiger partial charge is 0.396 e. The van der Waals surface area contributed by atoms with Gasteiger partial charge < -0.3 is 5.11 Å². The molecule has 0 aliphatic heterocycles. The first-order chi connectivity index (χ1) is 6.17. The number of rotatable bonds is 3. The molecular weight excluding hydrogens is 234 g/mol. The van der Waals surface area contributed by atoms with E-state index in [1.54, 1.807) is 0 Å². The molecule has 84 valence electrons. The number of thioether (sulfide) groups is 1. The molecule has 8 heteroatoms. The minimum absolute atomic E-state index is 0.0785. The Morgan fingerprint density at radius 1 is 1.14 bits per heavy atom. The van der Waals surface area contributed by atoms with Crippen molar-refractivity contribution in [1.82, 2.24) is 0 Å². The van der Waals surface area contributed by atoms with Crippen LogP contribution in [0.5, 0.6) is 0 Å². The van der Waals surface area contributed by atoms with E-state index in [0.29, 0.717) is 0 Å². The second-order valence-electron chi connectivity index (χ2n) is 2.12. The van der Waals surface area contributed by atoms with E-state index in [9.17, 15) is 26.3 Å². The Kier molecular flexibility index (Phi) is 4.79. The maximum Gasteiger partial charge on any atom is 0.422 e. The Balaban J connectivity index is 4.65. The summed E-state index contributed by atoms with van der Waals surface area (Å²) in [5, 5.41) is 8.18. The normalized spacial score (nSPS) is 14.6. The number of halogens is 6. The standard InChI is InChI=1S/C6H6F6OS/c7-5(8,9)3-4(6(10,11)12)14-2-1-13/h3,13H,1-2H2/b4-3+. The lowest BCUT2D eigenvalue weighted by molar-refractivity contribution is -0.101.